The average molecular weight is 437 g/mol. The molecular formula is C27H48O4. The number of unbranched alkanes of at least 4 members (excludes halogenated alkanes) is 2. The van der Waals surface area contributed by atoms with Gasteiger partial charge in [-0.25, -0.2) is 0 Å². The minimum Gasteiger partial charge on any atom is -0.465 e. The van der Waals surface area contributed by atoms with Crippen molar-refractivity contribution in [2.45, 2.75) is 129 Å². The molecule has 180 valence electrons. The van der Waals surface area contributed by atoms with Crippen molar-refractivity contribution in [1.29, 1.82) is 0 Å². The molecule has 0 spiro atoms. The first-order chi connectivity index (χ1) is 15.1. The third-order valence-corrected chi connectivity index (χ3v) is 7.56. The van der Waals surface area contributed by atoms with Gasteiger partial charge in [-0.1, -0.05) is 103 Å². The van der Waals surface area contributed by atoms with E-state index in [9.17, 15) is 9.59 Å². The normalized spacial score (nSPS) is 21.4. The summed E-state index contributed by atoms with van der Waals surface area (Å²) >= 11 is 0. The van der Waals surface area contributed by atoms with E-state index in [4.69, 9.17) is 9.47 Å². The van der Waals surface area contributed by atoms with Gasteiger partial charge < -0.3 is 9.47 Å². The van der Waals surface area contributed by atoms with Gasteiger partial charge in [-0.3, -0.25) is 9.59 Å². The van der Waals surface area contributed by atoms with Crippen LogP contribution in [0, 0.1) is 17.3 Å². The Balaban J connectivity index is 1.64. The van der Waals surface area contributed by atoms with E-state index in [1.807, 2.05) is 0 Å². The molecule has 2 saturated carbocycles. The molecule has 0 aromatic rings. The summed E-state index contributed by atoms with van der Waals surface area (Å²) in [6.07, 6.45) is 23.3. The fourth-order valence-electron chi connectivity index (χ4n) is 5.66. The van der Waals surface area contributed by atoms with Crippen LogP contribution in [0.3, 0.4) is 0 Å². The van der Waals surface area contributed by atoms with Gasteiger partial charge in [0, 0.05) is 0 Å². The second kappa shape index (κ2) is 14.9. The molecule has 0 aromatic heterocycles. The van der Waals surface area contributed by atoms with Crippen LogP contribution in [0.25, 0.3) is 0 Å². The maximum Gasteiger partial charge on any atom is 0.323 e. The van der Waals surface area contributed by atoms with Crippen LogP contribution in [0.5, 0.6) is 0 Å². The van der Waals surface area contributed by atoms with Gasteiger partial charge in [0.15, 0.2) is 5.41 Å². The highest BCUT2D eigenvalue weighted by Crippen LogP contribution is 2.49. The molecular weight excluding hydrogens is 388 g/mol. The average Bonchev–Trinajstić information content (AvgIpc) is 2.71. The second-order valence-electron chi connectivity index (χ2n) is 10.1. The van der Waals surface area contributed by atoms with Crippen LogP contribution in [0.1, 0.15) is 129 Å². The molecule has 0 radical (unpaired) electrons. The molecule has 0 saturated heterocycles. The van der Waals surface area contributed by atoms with E-state index in [2.05, 4.69) is 0 Å². The van der Waals surface area contributed by atoms with E-state index >= 15 is 0 Å². The van der Waals surface area contributed by atoms with Crippen LogP contribution < -0.4 is 0 Å². The Hall–Kier alpha value is -1.06. The van der Waals surface area contributed by atoms with Crippen LogP contribution in [0.4, 0.5) is 0 Å². The molecule has 0 amide bonds. The minimum atomic E-state index is -1.02. The van der Waals surface area contributed by atoms with Gasteiger partial charge in [-0.15, -0.1) is 0 Å². The van der Waals surface area contributed by atoms with Gasteiger partial charge >= 0.3 is 11.9 Å². The summed E-state index contributed by atoms with van der Waals surface area (Å²) < 4.78 is 10.4. The van der Waals surface area contributed by atoms with Gasteiger partial charge in [-0.05, 0) is 38.5 Å². The molecule has 0 aromatic carbocycles. The Bertz CT molecular complexity index is 477. The first-order valence-corrected chi connectivity index (χ1v) is 13.5. The Morgan fingerprint density at radius 1 is 0.645 bits per heavy atom. The molecule has 4 heteroatoms. The molecule has 0 atom stereocenters. The third kappa shape index (κ3) is 8.77. The summed E-state index contributed by atoms with van der Waals surface area (Å²) in [7, 11) is 0. The van der Waals surface area contributed by atoms with Crippen LogP contribution >= 0.6 is 0 Å². The van der Waals surface area contributed by atoms with Gasteiger partial charge in [-0.2, -0.15) is 0 Å². The first kappa shape index (κ1) is 26.2. The van der Waals surface area contributed by atoms with Crippen LogP contribution in [-0.2, 0) is 19.1 Å². The lowest BCUT2D eigenvalue weighted by atomic mass is 9.60. The molecule has 4 nitrogen and oxygen atoms in total. The summed E-state index contributed by atoms with van der Waals surface area (Å²) in [5, 5.41) is 0. The summed E-state index contributed by atoms with van der Waals surface area (Å²) in [5.74, 6) is 0.623. The fourth-order valence-corrected chi connectivity index (χ4v) is 5.66. The van der Waals surface area contributed by atoms with E-state index in [-0.39, 0.29) is 11.9 Å². The van der Waals surface area contributed by atoms with Crippen LogP contribution in [-0.4, -0.2) is 25.2 Å². The van der Waals surface area contributed by atoms with Gasteiger partial charge in [0.2, 0.25) is 0 Å². The van der Waals surface area contributed by atoms with E-state index in [0.717, 1.165) is 12.3 Å². The summed E-state index contributed by atoms with van der Waals surface area (Å²) in [4.78, 5) is 24.8. The van der Waals surface area contributed by atoms with E-state index in [1.54, 1.807) is 13.8 Å². The molecule has 0 aliphatic heterocycles. The van der Waals surface area contributed by atoms with Crippen molar-refractivity contribution < 1.29 is 19.1 Å². The Labute approximate surface area is 191 Å². The summed E-state index contributed by atoms with van der Waals surface area (Å²) in [6.45, 7) is 4.20. The molecule has 31 heavy (non-hydrogen) atoms. The Morgan fingerprint density at radius 3 is 1.52 bits per heavy atom. The summed E-state index contributed by atoms with van der Waals surface area (Å²) in [5.41, 5.74) is -1.02. The predicted molar refractivity (Wildman–Crippen MR) is 126 cm³/mol. The molecule has 2 fully saturated rings. The zero-order chi connectivity index (χ0) is 22.4. The van der Waals surface area contributed by atoms with Crippen LogP contribution in [0.2, 0.25) is 0 Å². The summed E-state index contributed by atoms with van der Waals surface area (Å²) in [6, 6.07) is 0. The monoisotopic (exact) mass is 436 g/mol. The van der Waals surface area contributed by atoms with Crippen molar-refractivity contribution in [2.24, 2.45) is 17.3 Å². The number of hydrogen-bond acceptors (Lipinski definition) is 4. The zero-order valence-corrected chi connectivity index (χ0v) is 20.4. The zero-order valence-electron chi connectivity index (χ0n) is 20.4. The maximum atomic E-state index is 12.4. The largest absolute Gasteiger partial charge is 0.465 e. The fraction of sp³-hybridized carbons (Fsp3) is 0.926. The second-order valence-corrected chi connectivity index (χ2v) is 10.1. The standard InChI is InChI=1S/C27H48O4/c1-3-30-25(28)27(26(29)31-4-2)21-24(22-27)20-16-12-15-19-23-17-13-10-8-6-5-7-9-11-14-18-23/h23-24H,3-22H2,1-2H3. The number of rotatable bonds is 10. The molecule has 0 unspecified atom stereocenters. The highest BCUT2D eigenvalue weighted by molar-refractivity contribution is 6.01. The smallest absolute Gasteiger partial charge is 0.323 e. The maximum absolute atomic E-state index is 12.4. The quantitative estimate of drug-likeness (QED) is 0.204. The lowest BCUT2D eigenvalue weighted by Gasteiger charge is -2.43. The Kier molecular flexibility index (Phi) is 12.6. The molecule has 0 N–H and O–H groups in total. The van der Waals surface area contributed by atoms with Gasteiger partial charge in [0.05, 0.1) is 13.2 Å². The van der Waals surface area contributed by atoms with Crippen molar-refractivity contribution in [3.63, 3.8) is 0 Å². The number of carbonyl (C=O) groups excluding carboxylic acids is 2. The van der Waals surface area contributed by atoms with Crippen molar-refractivity contribution >= 4 is 11.9 Å². The van der Waals surface area contributed by atoms with Crippen LogP contribution in [0.15, 0.2) is 0 Å². The van der Waals surface area contributed by atoms with Crippen molar-refractivity contribution in [3.8, 4) is 0 Å². The van der Waals surface area contributed by atoms with Crippen molar-refractivity contribution in [2.75, 3.05) is 13.2 Å². The van der Waals surface area contributed by atoms with Gasteiger partial charge in [0.25, 0.3) is 0 Å². The number of hydrogen-bond donors (Lipinski definition) is 0. The van der Waals surface area contributed by atoms with Gasteiger partial charge in [0.1, 0.15) is 0 Å². The van der Waals surface area contributed by atoms with E-state index in [1.165, 1.54) is 96.3 Å². The molecule has 2 rings (SSSR count). The predicted octanol–water partition coefficient (Wildman–Crippen LogP) is 7.38. The lowest BCUT2D eigenvalue weighted by molar-refractivity contribution is -0.183. The topological polar surface area (TPSA) is 52.6 Å². The lowest BCUT2D eigenvalue weighted by Crippen LogP contribution is -2.51. The van der Waals surface area contributed by atoms with Crippen molar-refractivity contribution in [3.05, 3.63) is 0 Å². The Morgan fingerprint density at radius 2 is 1.06 bits per heavy atom. The highest BCUT2D eigenvalue weighted by atomic mass is 16.6. The van der Waals surface area contributed by atoms with E-state index in [0.29, 0.717) is 32.0 Å². The SMILES string of the molecule is CCOC(=O)C1(C(=O)OCC)CC(CCCCCC2CCCCCCCCCCC2)C1. The molecule has 2 aliphatic rings. The third-order valence-electron chi connectivity index (χ3n) is 7.56. The molecule has 0 heterocycles. The molecule has 2 aliphatic carbocycles. The highest BCUT2D eigenvalue weighted by Gasteiger charge is 2.57. The molecule has 0 bridgehead atoms. The number of ether oxygens (including phenoxy) is 2. The van der Waals surface area contributed by atoms with E-state index < -0.39 is 5.41 Å². The number of esters is 2. The van der Waals surface area contributed by atoms with Crippen molar-refractivity contribution in [1.82, 2.24) is 0 Å². The first-order valence-electron chi connectivity index (χ1n) is 13.5. The number of carbonyl (C=O) groups is 2. The minimum absolute atomic E-state index is 0.311.